The molecule has 2 aliphatic rings. The van der Waals surface area contributed by atoms with Gasteiger partial charge in [-0.05, 0) is 55.9 Å². The smallest absolute Gasteiger partial charge is 0.317 e. The molecule has 2 aromatic carbocycles. The first-order chi connectivity index (χ1) is 14.7. The molecule has 0 saturated carbocycles. The number of carbonyl (C=O) groups excluding carboxylic acids is 1. The lowest BCUT2D eigenvalue weighted by atomic mass is 9.74. The van der Waals surface area contributed by atoms with E-state index in [-0.39, 0.29) is 17.5 Å². The number of hydrogen-bond donors (Lipinski definition) is 1. The molecule has 1 N–H and O–H groups in total. The highest BCUT2D eigenvalue weighted by Crippen LogP contribution is 2.35. The molecule has 1 unspecified atom stereocenters. The van der Waals surface area contributed by atoms with Crippen LogP contribution in [0.25, 0.3) is 0 Å². The normalized spacial score (nSPS) is 20.7. The Balaban J connectivity index is 1.44. The lowest BCUT2D eigenvalue weighted by molar-refractivity contribution is 0.0500. The van der Waals surface area contributed by atoms with E-state index in [0.717, 1.165) is 51.2 Å². The summed E-state index contributed by atoms with van der Waals surface area (Å²) in [5.41, 5.74) is 2.41. The number of hydrogen-bond acceptors (Lipinski definition) is 3. The minimum Gasteiger partial charge on any atom is -0.494 e. The first kappa shape index (κ1) is 20.7. The minimum atomic E-state index is -0.0521. The van der Waals surface area contributed by atoms with E-state index in [9.17, 15) is 4.79 Å². The molecule has 0 bridgehead atoms. The Morgan fingerprint density at radius 1 is 1.13 bits per heavy atom. The van der Waals surface area contributed by atoms with Crippen LogP contribution in [0.3, 0.4) is 0 Å². The minimum absolute atomic E-state index is 0.0354. The molecule has 2 fully saturated rings. The van der Waals surface area contributed by atoms with Crippen molar-refractivity contribution in [3.05, 3.63) is 65.7 Å². The van der Waals surface area contributed by atoms with Crippen LogP contribution in [0.1, 0.15) is 49.8 Å². The van der Waals surface area contributed by atoms with Crippen molar-refractivity contribution in [3.8, 4) is 5.75 Å². The van der Waals surface area contributed by atoms with E-state index in [1.165, 1.54) is 11.1 Å². The monoisotopic (exact) mass is 408 g/mol. The van der Waals surface area contributed by atoms with Gasteiger partial charge < -0.3 is 19.7 Å². The molecule has 1 atom stereocenters. The highest BCUT2D eigenvalue weighted by atomic mass is 16.5. The zero-order chi connectivity index (χ0) is 20.8. The van der Waals surface area contributed by atoms with Gasteiger partial charge in [0.25, 0.3) is 0 Å². The molecular formula is C25H32N2O3. The molecular weight excluding hydrogens is 376 g/mol. The number of amides is 2. The number of rotatable bonds is 6. The van der Waals surface area contributed by atoms with Crippen LogP contribution in [-0.4, -0.2) is 43.8 Å². The van der Waals surface area contributed by atoms with E-state index in [1.54, 1.807) is 0 Å². The molecule has 2 saturated heterocycles. The van der Waals surface area contributed by atoms with Crippen LogP contribution in [0, 0.1) is 0 Å². The van der Waals surface area contributed by atoms with E-state index in [0.29, 0.717) is 13.2 Å². The first-order valence-electron chi connectivity index (χ1n) is 11.1. The molecule has 4 rings (SSSR count). The van der Waals surface area contributed by atoms with Gasteiger partial charge in [0.2, 0.25) is 0 Å². The molecule has 160 valence electrons. The van der Waals surface area contributed by atoms with Gasteiger partial charge in [-0.25, -0.2) is 4.79 Å². The van der Waals surface area contributed by atoms with Gasteiger partial charge in [0.15, 0.2) is 0 Å². The molecule has 5 nitrogen and oxygen atoms in total. The zero-order valence-electron chi connectivity index (χ0n) is 17.8. The van der Waals surface area contributed by atoms with Crippen LogP contribution < -0.4 is 10.1 Å². The van der Waals surface area contributed by atoms with E-state index in [1.807, 2.05) is 30.0 Å². The predicted molar refractivity (Wildman–Crippen MR) is 118 cm³/mol. The van der Waals surface area contributed by atoms with Crippen LogP contribution in [0.4, 0.5) is 4.79 Å². The largest absolute Gasteiger partial charge is 0.494 e. The van der Waals surface area contributed by atoms with E-state index in [2.05, 4.69) is 41.7 Å². The average Bonchev–Trinajstić information content (AvgIpc) is 3.30. The second kappa shape index (κ2) is 9.52. The van der Waals surface area contributed by atoms with Gasteiger partial charge in [0, 0.05) is 31.7 Å². The van der Waals surface area contributed by atoms with Gasteiger partial charge in [-0.1, -0.05) is 42.5 Å². The Kier molecular flexibility index (Phi) is 6.58. The van der Waals surface area contributed by atoms with Gasteiger partial charge in [0.05, 0.1) is 12.6 Å². The van der Waals surface area contributed by atoms with Gasteiger partial charge in [-0.3, -0.25) is 0 Å². The van der Waals surface area contributed by atoms with Crippen molar-refractivity contribution >= 4 is 6.03 Å². The van der Waals surface area contributed by atoms with Crippen LogP contribution in [0.5, 0.6) is 5.75 Å². The van der Waals surface area contributed by atoms with E-state index >= 15 is 0 Å². The molecule has 2 aromatic rings. The number of benzene rings is 2. The molecule has 2 amide bonds. The summed E-state index contributed by atoms with van der Waals surface area (Å²) in [6.07, 6.45) is 3.89. The molecule has 30 heavy (non-hydrogen) atoms. The lowest BCUT2D eigenvalue weighted by Gasteiger charge is -2.38. The fraction of sp³-hybridized carbons (Fsp3) is 0.480. The van der Waals surface area contributed by atoms with Gasteiger partial charge >= 0.3 is 6.03 Å². The molecule has 0 radical (unpaired) electrons. The van der Waals surface area contributed by atoms with Gasteiger partial charge in [-0.15, -0.1) is 0 Å². The zero-order valence-corrected chi connectivity index (χ0v) is 17.8. The molecule has 2 aliphatic heterocycles. The summed E-state index contributed by atoms with van der Waals surface area (Å²) < 4.78 is 11.2. The van der Waals surface area contributed by atoms with Crippen LogP contribution in [-0.2, 0) is 10.2 Å². The molecule has 5 heteroatoms. The molecule has 2 heterocycles. The highest BCUT2D eigenvalue weighted by Gasteiger charge is 2.36. The maximum atomic E-state index is 13.2. The maximum Gasteiger partial charge on any atom is 0.317 e. The summed E-state index contributed by atoms with van der Waals surface area (Å²) in [6.45, 7) is 5.56. The SMILES string of the molecule is CCOc1ccc(C2CCCN2C(=O)NCC2(c3ccccc3)CCOCC2)cc1. The Labute approximate surface area is 179 Å². The molecule has 0 spiro atoms. The summed E-state index contributed by atoms with van der Waals surface area (Å²) in [7, 11) is 0. The van der Waals surface area contributed by atoms with Crippen LogP contribution in [0.15, 0.2) is 54.6 Å². The Morgan fingerprint density at radius 2 is 1.87 bits per heavy atom. The summed E-state index contributed by atoms with van der Waals surface area (Å²) >= 11 is 0. The number of urea groups is 1. The number of nitrogens with zero attached hydrogens (tertiary/aromatic N) is 1. The third-order valence-corrected chi connectivity index (χ3v) is 6.50. The van der Waals surface area contributed by atoms with Crippen molar-refractivity contribution in [2.45, 2.75) is 44.1 Å². The second-order valence-corrected chi connectivity index (χ2v) is 8.27. The second-order valence-electron chi connectivity index (χ2n) is 8.27. The van der Waals surface area contributed by atoms with Crippen molar-refractivity contribution in [3.63, 3.8) is 0 Å². The Morgan fingerprint density at radius 3 is 2.57 bits per heavy atom. The summed E-state index contributed by atoms with van der Waals surface area (Å²) in [5, 5.41) is 3.27. The van der Waals surface area contributed by atoms with Crippen molar-refractivity contribution in [1.29, 1.82) is 0 Å². The summed E-state index contributed by atoms with van der Waals surface area (Å²) in [4.78, 5) is 15.2. The molecule has 0 aromatic heterocycles. The third-order valence-electron chi connectivity index (χ3n) is 6.50. The molecule has 0 aliphatic carbocycles. The third kappa shape index (κ3) is 4.46. The number of ether oxygens (including phenoxy) is 2. The summed E-state index contributed by atoms with van der Waals surface area (Å²) in [5.74, 6) is 0.875. The predicted octanol–water partition coefficient (Wildman–Crippen LogP) is 4.68. The number of likely N-dealkylation sites (tertiary alicyclic amines) is 1. The van der Waals surface area contributed by atoms with E-state index in [4.69, 9.17) is 9.47 Å². The van der Waals surface area contributed by atoms with Gasteiger partial charge in [0.1, 0.15) is 5.75 Å². The quantitative estimate of drug-likeness (QED) is 0.755. The average molecular weight is 409 g/mol. The number of carbonyl (C=O) groups is 1. The maximum absolute atomic E-state index is 13.2. The lowest BCUT2D eigenvalue weighted by Crippen LogP contribution is -2.48. The van der Waals surface area contributed by atoms with Gasteiger partial charge in [-0.2, -0.15) is 0 Å². The Hall–Kier alpha value is -2.53. The standard InChI is InChI=1S/C25H32N2O3/c1-2-30-22-12-10-20(11-13-22)23-9-6-16-27(23)24(28)26-19-25(14-17-29-18-15-25)21-7-4-3-5-8-21/h3-5,7-8,10-13,23H,2,6,9,14-19H2,1H3,(H,26,28). The Bertz CT molecular complexity index is 816. The highest BCUT2D eigenvalue weighted by molar-refractivity contribution is 5.75. The van der Waals surface area contributed by atoms with Crippen molar-refractivity contribution in [2.75, 3.05) is 32.9 Å². The fourth-order valence-corrected chi connectivity index (χ4v) is 4.78. The van der Waals surface area contributed by atoms with Crippen molar-refractivity contribution in [2.24, 2.45) is 0 Å². The first-order valence-corrected chi connectivity index (χ1v) is 11.1. The van der Waals surface area contributed by atoms with Crippen LogP contribution in [0.2, 0.25) is 0 Å². The topological polar surface area (TPSA) is 50.8 Å². The van der Waals surface area contributed by atoms with Crippen LogP contribution >= 0.6 is 0 Å². The van der Waals surface area contributed by atoms with Crippen molar-refractivity contribution in [1.82, 2.24) is 10.2 Å². The fourth-order valence-electron chi connectivity index (χ4n) is 4.78. The summed E-state index contributed by atoms with van der Waals surface area (Å²) in [6, 6.07) is 18.9. The van der Waals surface area contributed by atoms with E-state index < -0.39 is 0 Å². The van der Waals surface area contributed by atoms with Crippen molar-refractivity contribution < 1.29 is 14.3 Å². The number of nitrogens with one attached hydrogen (secondary N) is 1.